The zero-order valence-electron chi connectivity index (χ0n) is 15.0. The van der Waals surface area contributed by atoms with Crippen LogP contribution in [0.1, 0.15) is 11.3 Å². The van der Waals surface area contributed by atoms with E-state index in [1.54, 1.807) is 19.5 Å². The molecule has 8 heteroatoms. The number of nitrogens with zero attached hydrogens (tertiary/aromatic N) is 4. The molecular weight excluding hydrogens is 356 g/mol. The van der Waals surface area contributed by atoms with Crippen molar-refractivity contribution in [3.63, 3.8) is 0 Å². The molecule has 0 amide bonds. The van der Waals surface area contributed by atoms with Gasteiger partial charge in [0.25, 0.3) is 0 Å². The van der Waals surface area contributed by atoms with E-state index < -0.39 is 0 Å². The van der Waals surface area contributed by atoms with Gasteiger partial charge in [-0.1, -0.05) is 11.2 Å². The van der Waals surface area contributed by atoms with Gasteiger partial charge in [0.2, 0.25) is 5.88 Å². The number of nitrogens with one attached hydrogen (secondary N) is 2. The molecule has 0 atom stereocenters. The Morgan fingerprint density at radius 3 is 2.96 bits per heavy atom. The third-order valence-electron chi connectivity index (χ3n) is 4.51. The fraction of sp³-hybridized carbons (Fsp3) is 0.100. The van der Waals surface area contributed by atoms with Gasteiger partial charge in [-0.3, -0.25) is 10.1 Å². The Balaban J connectivity index is 1.41. The highest BCUT2D eigenvalue weighted by Gasteiger charge is 2.12. The molecule has 8 nitrogen and oxygen atoms in total. The van der Waals surface area contributed by atoms with E-state index in [-0.39, 0.29) is 0 Å². The monoisotopic (exact) mass is 372 g/mol. The van der Waals surface area contributed by atoms with E-state index in [9.17, 15) is 0 Å². The van der Waals surface area contributed by atoms with Crippen LogP contribution in [0.2, 0.25) is 0 Å². The predicted molar refractivity (Wildman–Crippen MR) is 105 cm³/mol. The summed E-state index contributed by atoms with van der Waals surface area (Å²) >= 11 is 0. The van der Waals surface area contributed by atoms with Gasteiger partial charge in [-0.05, 0) is 29.8 Å². The van der Waals surface area contributed by atoms with Crippen molar-refractivity contribution in [2.45, 2.75) is 6.42 Å². The number of H-pyrrole nitrogens is 1. The van der Waals surface area contributed by atoms with Gasteiger partial charge < -0.3 is 14.6 Å². The molecule has 5 aromatic rings. The van der Waals surface area contributed by atoms with Gasteiger partial charge in [-0.15, -0.1) is 0 Å². The van der Waals surface area contributed by atoms with Crippen molar-refractivity contribution in [1.82, 2.24) is 25.3 Å². The smallest absolute Gasteiger partial charge is 0.212 e. The first-order valence-corrected chi connectivity index (χ1v) is 8.73. The predicted octanol–water partition coefficient (Wildman–Crippen LogP) is 3.84. The Bertz CT molecular complexity index is 1260. The molecule has 4 aromatic heterocycles. The first-order valence-electron chi connectivity index (χ1n) is 8.73. The van der Waals surface area contributed by atoms with Crippen LogP contribution in [-0.4, -0.2) is 32.4 Å². The Labute approximate surface area is 159 Å². The SMILES string of the molecule is COc1ccc(Cc2noc3cc(Nc4n[nH]c5cccnc45)ccc23)cn1. The molecule has 0 aliphatic carbocycles. The zero-order valence-corrected chi connectivity index (χ0v) is 15.0. The molecule has 138 valence electrons. The van der Waals surface area contributed by atoms with Crippen LogP contribution in [0.3, 0.4) is 0 Å². The second-order valence-electron chi connectivity index (χ2n) is 6.32. The summed E-state index contributed by atoms with van der Waals surface area (Å²) < 4.78 is 10.6. The Hall–Kier alpha value is -3.94. The van der Waals surface area contributed by atoms with Crippen molar-refractivity contribution in [3.05, 3.63) is 66.1 Å². The number of hydrogen-bond donors (Lipinski definition) is 2. The second-order valence-corrected chi connectivity index (χ2v) is 6.32. The Kier molecular flexibility index (Phi) is 3.86. The van der Waals surface area contributed by atoms with Crippen molar-refractivity contribution in [2.24, 2.45) is 0 Å². The number of aromatic amines is 1. The van der Waals surface area contributed by atoms with Gasteiger partial charge in [0, 0.05) is 42.0 Å². The maximum absolute atomic E-state index is 5.53. The quantitative estimate of drug-likeness (QED) is 0.483. The highest BCUT2D eigenvalue weighted by molar-refractivity contribution is 5.89. The second kappa shape index (κ2) is 6.66. The van der Waals surface area contributed by atoms with Gasteiger partial charge in [-0.25, -0.2) is 4.98 Å². The van der Waals surface area contributed by atoms with Crippen LogP contribution in [-0.2, 0) is 6.42 Å². The standard InChI is InChI=1S/C20H16N6O2/c1-27-18-7-4-12(11-22-18)9-16-14-6-5-13(10-17(14)28-26-16)23-20-19-15(24-25-20)3-2-8-21-19/h2-8,10-11H,9H2,1H3,(H2,23,24,25). The van der Waals surface area contributed by atoms with Crippen molar-refractivity contribution < 1.29 is 9.26 Å². The average Bonchev–Trinajstić information content (AvgIpc) is 3.33. The maximum atomic E-state index is 5.53. The van der Waals surface area contributed by atoms with Crippen LogP contribution in [0.25, 0.3) is 22.0 Å². The maximum Gasteiger partial charge on any atom is 0.212 e. The van der Waals surface area contributed by atoms with E-state index in [2.05, 4.69) is 30.6 Å². The highest BCUT2D eigenvalue weighted by atomic mass is 16.5. The fourth-order valence-electron chi connectivity index (χ4n) is 3.10. The van der Waals surface area contributed by atoms with Crippen molar-refractivity contribution in [1.29, 1.82) is 0 Å². The lowest BCUT2D eigenvalue weighted by atomic mass is 10.1. The number of ether oxygens (including phenoxy) is 1. The summed E-state index contributed by atoms with van der Waals surface area (Å²) in [6.07, 6.45) is 4.15. The van der Waals surface area contributed by atoms with E-state index in [1.165, 1.54) is 0 Å². The molecule has 4 heterocycles. The van der Waals surface area contributed by atoms with Gasteiger partial charge in [0.15, 0.2) is 11.4 Å². The molecule has 0 radical (unpaired) electrons. The molecule has 0 fully saturated rings. The van der Waals surface area contributed by atoms with Crippen molar-refractivity contribution in [3.8, 4) is 5.88 Å². The third-order valence-corrected chi connectivity index (χ3v) is 4.51. The molecule has 0 unspecified atom stereocenters. The molecule has 0 aliphatic rings. The normalized spacial score (nSPS) is 11.2. The highest BCUT2D eigenvalue weighted by Crippen LogP contribution is 2.27. The summed E-state index contributed by atoms with van der Waals surface area (Å²) in [4.78, 5) is 8.59. The topological polar surface area (TPSA) is 102 Å². The number of hydrogen-bond acceptors (Lipinski definition) is 7. The third kappa shape index (κ3) is 2.90. The molecule has 0 saturated heterocycles. The Morgan fingerprint density at radius 1 is 1.14 bits per heavy atom. The van der Waals surface area contributed by atoms with Gasteiger partial charge in [0.1, 0.15) is 5.52 Å². The molecule has 5 rings (SSSR count). The minimum atomic E-state index is 0.588. The molecule has 0 spiro atoms. The lowest BCUT2D eigenvalue weighted by Crippen LogP contribution is -1.93. The van der Waals surface area contributed by atoms with Gasteiger partial charge in [0.05, 0.1) is 18.3 Å². The van der Waals surface area contributed by atoms with Crippen LogP contribution in [0.15, 0.2) is 59.4 Å². The number of aromatic nitrogens is 5. The summed E-state index contributed by atoms with van der Waals surface area (Å²) in [7, 11) is 1.60. The van der Waals surface area contributed by atoms with Crippen LogP contribution in [0.4, 0.5) is 11.5 Å². The summed E-state index contributed by atoms with van der Waals surface area (Å²) in [5, 5.41) is 15.7. The first kappa shape index (κ1) is 16.2. The number of rotatable bonds is 5. The summed E-state index contributed by atoms with van der Waals surface area (Å²) in [5.74, 6) is 1.25. The Morgan fingerprint density at radius 2 is 2.11 bits per heavy atom. The number of anilines is 2. The molecule has 2 N–H and O–H groups in total. The number of methoxy groups -OCH3 is 1. The lowest BCUT2D eigenvalue weighted by Gasteiger charge is -2.03. The largest absolute Gasteiger partial charge is 0.481 e. The van der Waals surface area contributed by atoms with Crippen molar-refractivity contribution in [2.75, 3.05) is 12.4 Å². The van der Waals surface area contributed by atoms with E-state index >= 15 is 0 Å². The van der Waals surface area contributed by atoms with E-state index in [1.807, 2.05) is 42.5 Å². The molecule has 28 heavy (non-hydrogen) atoms. The van der Waals surface area contributed by atoms with Crippen LogP contribution in [0, 0.1) is 0 Å². The molecule has 0 aliphatic heterocycles. The fourth-order valence-corrected chi connectivity index (χ4v) is 3.10. The molecule has 0 bridgehead atoms. The van der Waals surface area contributed by atoms with Crippen molar-refractivity contribution >= 4 is 33.5 Å². The zero-order chi connectivity index (χ0) is 18.9. The average molecular weight is 372 g/mol. The number of fused-ring (bicyclic) bond motifs is 2. The number of benzene rings is 1. The minimum Gasteiger partial charge on any atom is -0.481 e. The van der Waals surface area contributed by atoms with Crippen LogP contribution >= 0.6 is 0 Å². The van der Waals surface area contributed by atoms with Crippen LogP contribution in [0.5, 0.6) is 5.88 Å². The van der Waals surface area contributed by atoms with Gasteiger partial charge >= 0.3 is 0 Å². The number of pyridine rings is 2. The minimum absolute atomic E-state index is 0.588. The molecule has 1 aromatic carbocycles. The molecular formula is C20H16N6O2. The summed E-state index contributed by atoms with van der Waals surface area (Å²) in [6.45, 7) is 0. The van der Waals surface area contributed by atoms with Gasteiger partial charge in [-0.2, -0.15) is 5.10 Å². The summed E-state index contributed by atoms with van der Waals surface area (Å²) in [6, 6.07) is 13.5. The van der Waals surface area contributed by atoms with E-state index in [4.69, 9.17) is 9.26 Å². The first-order chi connectivity index (χ1) is 13.8. The van der Waals surface area contributed by atoms with E-state index in [0.717, 1.165) is 33.4 Å². The lowest BCUT2D eigenvalue weighted by molar-refractivity contribution is 0.397. The molecule has 0 saturated carbocycles. The van der Waals surface area contributed by atoms with E-state index in [0.29, 0.717) is 23.7 Å². The summed E-state index contributed by atoms with van der Waals surface area (Å²) in [5.41, 5.74) is 5.11. The van der Waals surface area contributed by atoms with Crippen LogP contribution < -0.4 is 10.1 Å².